The predicted molar refractivity (Wildman–Crippen MR) is 84.2 cm³/mol. The molecule has 3 unspecified atom stereocenters. The third-order valence-corrected chi connectivity index (χ3v) is 8.01. The molecule has 29 heavy (non-hydrogen) atoms. The van der Waals surface area contributed by atoms with Gasteiger partial charge in [0.15, 0.2) is 0 Å². The molecule has 13 heteroatoms. The van der Waals surface area contributed by atoms with Gasteiger partial charge in [-0.1, -0.05) is 0 Å². The molecule has 4 aliphatic rings. The molecular formula is C16H20F6O6S. The molecule has 0 radical (unpaired) electrons. The van der Waals surface area contributed by atoms with Gasteiger partial charge in [0.05, 0.1) is 5.60 Å². The highest BCUT2D eigenvalue weighted by atomic mass is 32.2. The lowest BCUT2D eigenvalue weighted by atomic mass is 9.48. The summed E-state index contributed by atoms with van der Waals surface area (Å²) in [6.07, 6.45) is -4.60. The molecule has 0 aromatic carbocycles. The fourth-order valence-corrected chi connectivity index (χ4v) is 6.07. The van der Waals surface area contributed by atoms with Crippen LogP contribution < -0.4 is 0 Å². The molecule has 0 aliphatic heterocycles. The Labute approximate surface area is 162 Å². The molecule has 0 spiro atoms. The van der Waals surface area contributed by atoms with E-state index in [1.165, 1.54) is 14.0 Å². The summed E-state index contributed by atoms with van der Waals surface area (Å²) in [5.41, 5.74) is -2.24. The first-order valence-corrected chi connectivity index (χ1v) is 10.3. The molecule has 1 N–H and O–H groups in total. The topological polar surface area (TPSA) is 89.9 Å². The maximum Gasteiger partial charge on any atom is 0.458 e. The van der Waals surface area contributed by atoms with Gasteiger partial charge in [0.25, 0.3) is 0 Å². The van der Waals surface area contributed by atoms with Gasteiger partial charge in [0.2, 0.25) is 0 Å². The highest BCUT2D eigenvalue weighted by Gasteiger charge is 2.82. The van der Waals surface area contributed by atoms with Crippen LogP contribution in [0.2, 0.25) is 0 Å². The average Bonchev–Trinajstić information content (AvgIpc) is 2.56. The molecule has 4 fully saturated rings. The van der Waals surface area contributed by atoms with Crippen molar-refractivity contribution in [3.63, 3.8) is 0 Å². The summed E-state index contributed by atoms with van der Waals surface area (Å²) in [7, 11) is -5.38. The van der Waals surface area contributed by atoms with Crippen molar-refractivity contribution in [1.82, 2.24) is 0 Å². The number of methoxy groups -OCH3 is 1. The van der Waals surface area contributed by atoms with Crippen LogP contribution in [0.4, 0.5) is 26.3 Å². The number of ether oxygens (including phenoxy) is 2. The Bertz CT molecular complexity index is 795. The summed E-state index contributed by atoms with van der Waals surface area (Å²) in [6.45, 7) is 1.26. The molecule has 4 saturated carbocycles. The third-order valence-electron chi connectivity index (χ3n) is 6.88. The van der Waals surface area contributed by atoms with Gasteiger partial charge in [-0.15, -0.1) is 0 Å². The Balaban J connectivity index is 1.98. The second-order valence-corrected chi connectivity index (χ2v) is 9.96. The number of hydrogen-bond acceptors (Lipinski definition) is 5. The van der Waals surface area contributed by atoms with Crippen LogP contribution in [0.1, 0.15) is 39.0 Å². The van der Waals surface area contributed by atoms with Gasteiger partial charge in [0, 0.05) is 18.9 Å². The van der Waals surface area contributed by atoms with E-state index in [1.54, 1.807) is 0 Å². The van der Waals surface area contributed by atoms with Crippen LogP contribution in [0.15, 0.2) is 0 Å². The first-order chi connectivity index (χ1) is 12.9. The Morgan fingerprint density at radius 2 is 1.52 bits per heavy atom. The van der Waals surface area contributed by atoms with Gasteiger partial charge in [-0.3, -0.25) is 4.55 Å². The Kier molecular flexibility index (Phi) is 4.85. The maximum absolute atomic E-state index is 14.7. The van der Waals surface area contributed by atoms with E-state index in [1.807, 2.05) is 0 Å². The zero-order valence-corrected chi connectivity index (χ0v) is 16.2. The minimum Gasteiger partial charge on any atom is -0.455 e. The van der Waals surface area contributed by atoms with Gasteiger partial charge in [-0.05, 0) is 44.9 Å². The molecule has 3 atom stereocenters. The molecule has 0 heterocycles. The number of hydrogen-bond donors (Lipinski definition) is 1. The number of rotatable bonds is 5. The third kappa shape index (κ3) is 2.98. The Morgan fingerprint density at radius 3 is 1.90 bits per heavy atom. The number of alkyl halides is 6. The van der Waals surface area contributed by atoms with Crippen LogP contribution in [0.3, 0.4) is 0 Å². The van der Waals surface area contributed by atoms with Crippen molar-refractivity contribution in [3.8, 4) is 0 Å². The molecule has 168 valence electrons. The van der Waals surface area contributed by atoms with Crippen LogP contribution >= 0.6 is 0 Å². The fraction of sp³-hybridized carbons (Fsp3) is 0.938. The van der Waals surface area contributed by atoms with Crippen LogP contribution in [0.5, 0.6) is 0 Å². The monoisotopic (exact) mass is 454 g/mol. The van der Waals surface area contributed by atoms with E-state index < -0.39 is 56.2 Å². The van der Waals surface area contributed by atoms with E-state index >= 15 is 0 Å². The van der Waals surface area contributed by atoms with Crippen LogP contribution in [0, 0.1) is 17.8 Å². The van der Waals surface area contributed by atoms with Crippen LogP contribution in [-0.4, -0.2) is 54.4 Å². The predicted octanol–water partition coefficient (Wildman–Crippen LogP) is 3.26. The number of esters is 1. The first kappa shape index (κ1) is 22.6. The molecule has 0 aromatic rings. The molecule has 0 aromatic heterocycles. The van der Waals surface area contributed by atoms with Gasteiger partial charge in [-0.2, -0.15) is 30.4 Å². The minimum atomic E-state index is -6.86. The summed E-state index contributed by atoms with van der Waals surface area (Å²) in [5.74, 6) is -10.7. The summed E-state index contributed by atoms with van der Waals surface area (Å²) in [6, 6.07) is 0. The van der Waals surface area contributed by atoms with Crippen LogP contribution in [0.25, 0.3) is 0 Å². The van der Waals surface area contributed by atoms with Crippen LogP contribution in [-0.2, 0) is 24.4 Å². The van der Waals surface area contributed by atoms with E-state index in [9.17, 15) is 39.6 Å². The molecule has 0 amide bonds. The van der Waals surface area contributed by atoms with Crippen molar-refractivity contribution >= 4 is 16.1 Å². The van der Waals surface area contributed by atoms with E-state index in [0.717, 1.165) is 0 Å². The Morgan fingerprint density at radius 1 is 1.03 bits per heavy atom. The molecule has 4 bridgehead atoms. The largest absolute Gasteiger partial charge is 0.458 e. The average molecular weight is 454 g/mol. The van der Waals surface area contributed by atoms with E-state index in [0.29, 0.717) is 32.1 Å². The van der Waals surface area contributed by atoms with Crippen molar-refractivity contribution in [2.24, 2.45) is 17.8 Å². The standard InChI is InChI=1S/C16H20F6O6S/c1-12(9-3-8-4-10(12)7-13(5-8,6-9)27-2)28-11(23)14(17,29(24,25)26)15(18,19)16(20,21)22/h8-10H,3-7H2,1-2H3,(H,24,25,26). The van der Waals surface area contributed by atoms with E-state index in [4.69, 9.17) is 14.0 Å². The van der Waals surface area contributed by atoms with E-state index in [-0.39, 0.29) is 5.92 Å². The van der Waals surface area contributed by atoms with Crippen molar-refractivity contribution in [2.45, 2.75) is 67.3 Å². The smallest absolute Gasteiger partial charge is 0.455 e. The second kappa shape index (κ2) is 6.22. The summed E-state index contributed by atoms with van der Waals surface area (Å²) in [5, 5.41) is -6.03. The maximum atomic E-state index is 14.7. The quantitative estimate of drug-likeness (QED) is 0.390. The lowest BCUT2D eigenvalue weighted by Crippen LogP contribution is -2.68. The zero-order chi connectivity index (χ0) is 22.3. The van der Waals surface area contributed by atoms with Crippen molar-refractivity contribution < 1.29 is 53.6 Å². The molecule has 4 rings (SSSR count). The molecule has 0 saturated heterocycles. The first-order valence-electron chi connectivity index (χ1n) is 8.82. The SMILES string of the molecule is COC12CC3CC(C1)C(C)(OC(=O)C(F)(C(F)(F)C(F)(F)F)S(=O)(=O)O)C(C3)C2. The summed E-state index contributed by atoms with van der Waals surface area (Å²) >= 11 is 0. The van der Waals surface area contributed by atoms with Gasteiger partial charge < -0.3 is 9.47 Å². The number of carbonyl (C=O) groups excluding carboxylic acids is 1. The lowest BCUT2D eigenvalue weighted by Gasteiger charge is -2.63. The minimum absolute atomic E-state index is 0.146. The number of carbonyl (C=O) groups is 1. The molecular weight excluding hydrogens is 434 g/mol. The molecule has 6 nitrogen and oxygen atoms in total. The second-order valence-electron chi connectivity index (χ2n) is 8.45. The highest BCUT2D eigenvalue weighted by Crippen LogP contribution is 2.62. The lowest BCUT2D eigenvalue weighted by molar-refractivity contribution is -0.315. The molecule has 4 aliphatic carbocycles. The normalized spacial score (nSPS) is 39.3. The van der Waals surface area contributed by atoms with Crippen molar-refractivity contribution in [1.29, 1.82) is 0 Å². The Hall–Kier alpha value is -1.08. The summed E-state index contributed by atoms with van der Waals surface area (Å²) < 4.78 is 122. The van der Waals surface area contributed by atoms with E-state index in [2.05, 4.69) is 0 Å². The van der Waals surface area contributed by atoms with Crippen molar-refractivity contribution in [2.75, 3.05) is 7.11 Å². The van der Waals surface area contributed by atoms with Crippen molar-refractivity contribution in [3.05, 3.63) is 0 Å². The van der Waals surface area contributed by atoms with Gasteiger partial charge in [0.1, 0.15) is 5.60 Å². The fourth-order valence-electron chi connectivity index (χ4n) is 5.37. The zero-order valence-electron chi connectivity index (χ0n) is 15.4. The number of halogens is 6. The van der Waals surface area contributed by atoms with Gasteiger partial charge in [-0.25, -0.2) is 9.18 Å². The summed E-state index contributed by atoms with van der Waals surface area (Å²) in [4.78, 5) is 12.2. The van der Waals surface area contributed by atoms with Gasteiger partial charge >= 0.3 is 33.2 Å². The highest BCUT2D eigenvalue weighted by molar-refractivity contribution is 7.88.